The van der Waals surface area contributed by atoms with Gasteiger partial charge in [0.2, 0.25) is 5.95 Å². The maximum absolute atomic E-state index is 6.15. The minimum absolute atomic E-state index is 0.261. The van der Waals surface area contributed by atoms with Crippen LogP contribution in [-0.2, 0) is 6.42 Å². The first-order valence-electron chi connectivity index (χ1n) is 6.84. The maximum atomic E-state index is 6.15. The largest absolute Gasteiger partial charge is 0.368 e. The lowest BCUT2D eigenvalue weighted by Gasteiger charge is -2.08. The molecule has 7 heteroatoms. The van der Waals surface area contributed by atoms with Crippen LogP contribution in [0, 0.1) is 0 Å². The van der Waals surface area contributed by atoms with E-state index in [1.54, 1.807) is 12.1 Å². The summed E-state index contributed by atoms with van der Waals surface area (Å²) in [5.41, 5.74) is 9.46. The fraction of sp³-hybridized carbons (Fsp3) is 0.200. The zero-order valence-electron chi connectivity index (χ0n) is 11.8. The molecular formula is C15H13Cl2N5. The van der Waals surface area contributed by atoms with E-state index in [0.29, 0.717) is 21.6 Å². The van der Waals surface area contributed by atoms with Gasteiger partial charge in [0.1, 0.15) is 15.8 Å². The molecule has 0 unspecified atom stereocenters. The van der Waals surface area contributed by atoms with Crippen molar-refractivity contribution in [2.24, 2.45) is 0 Å². The standard InChI is InChI=1S/C15H13Cl2N5/c1-2-3-10-13-11(21-15(18)20-10)6-5-9(19-13)8-4-7-12(16)22-14(8)17/h4-7H,2-3H2,1H3,(H2,18,20,21). The lowest BCUT2D eigenvalue weighted by molar-refractivity contribution is 0.885. The first-order valence-corrected chi connectivity index (χ1v) is 7.59. The van der Waals surface area contributed by atoms with Crippen molar-refractivity contribution >= 4 is 40.2 Å². The number of pyridine rings is 2. The molecule has 0 aromatic carbocycles. The van der Waals surface area contributed by atoms with Gasteiger partial charge in [0.15, 0.2) is 0 Å². The van der Waals surface area contributed by atoms with E-state index >= 15 is 0 Å². The average Bonchev–Trinajstić information content (AvgIpc) is 2.47. The molecule has 3 aromatic rings. The normalized spacial score (nSPS) is 11.0. The first kappa shape index (κ1) is 14.9. The van der Waals surface area contributed by atoms with Crippen molar-refractivity contribution in [3.63, 3.8) is 0 Å². The number of nitrogen functional groups attached to an aromatic ring is 1. The molecule has 0 atom stereocenters. The summed E-state index contributed by atoms with van der Waals surface area (Å²) in [5.74, 6) is 0.261. The fourth-order valence-electron chi connectivity index (χ4n) is 2.26. The summed E-state index contributed by atoms with van der Waals surface area (Å²) in [6, 6.07) is 7.17. The zero-order valence-corrected chi connectivity index (χ0v) is 13.4. The van der Waals surface area contributed by atoms with Crippen molar-refractivity contribution in [2.75, 3.05) is 5.73 Å². The second-order valence-electron chi connectivity index (χ2n) is 4.82. The second kappa shape index (κ2) is 6.02. The Bertz CT molecular complexity index is 851. The quantitative estimate of drug-likeness (QED) is 0.734. The Kier molecular flexibility index (Phi) is 4.09. The van der Waals surface area contributed by atoms with Crippen LogP contribution >= 0.6 is 23.2 Å². The van der Waals surface area contributed by atoms with Crippen LogP contribution < -0.4 is 5.73 Å². The van der Waals surface area contributed by atoms with Crippen molar-refractivity contribution in [3.8, 4) is 11.3 Å². The van der Waals surface area contributed by atoms with E-state index < -0.39 is 0 Å². The highest BCUT2D eigenvalue weighted by atomic mass is 35.5. The predicted octanol–water partition coefficient (Wildman–Crippen LogP) is 3.93. The van der Waals surface area contributed by atoms with E-state index in [1.165, 1.54) is 0 Å². The molecule has 0 aliphatic rings. The van der Waals surface area contributed by atoms with E-state index in [-0.39, 0.29) is 5.95 Å². The molecule has 3 aromatic heterocycles. The van der Waals surface area contributed by atoms with Gasteiger partial charge >= 0.3 is 0 Å². The molecule has 22 heavy (non-hydrogen) atoms. The van der Waals surface area contributed by atoms with Gasteiger partial charge in [0, 0.05) is 5.56 Å². The van der Waals surface area contributed by atoms with Gasteiger partial charge < -0.3 is 5.73 Å². The Labute approximate surface area is 137 Å². The topological polar surface area (TPSA) is 77.6 Å². The number of fused-ring (bicyclic) bond motifs is 1. The third-order valence-corrected chi connectivity index (χ3v) is 3.71. The lowest BCUT2D eigenvalue weighted by Crippen LogP contribution is -2.02. The van der Waals surface area contributed by atoms with Crippen LogP contribution in [0.15, 0.2) is 24.3 Å². The number of anilines is 1. The number of aryl methyl sites for hydroxylation is 1. The van der Waals surface area contributed by atoms with Crippen LogP contribution in [0.2, 0.25) is 10.3 Å². The van der Waals surface area contributed by atoms with Crippen molar-refractivity contribution < 1.29 is 0 Å². The molecule has 0 bridgehead atoms. The van der Waals surface area contributed by atoms with Crippen LogP contribution in [0.5, 0.6) is 0 Å². The summed E-state index contributed by atoms with van der Waals surface area (Å²) in [5, 5.41) is 0.657. The first-order chi connectivity index (χ1) is 10.6. The minimum Gasteiger partial charge on any atom is -0.368 e. The van der Waals surface area contributed by atoms with E-state index in [0.717, 1.165) is 29.6 Å². The number of nitrogens with two attached hydrogens (primary N) is 1. The van der Waals surface area contributed by atoms with Gasteiger partial charge in [-0.1, -0.05) is 36.5 Å². The molecule has 0 radical (unpaired) electrons. The van der Waals surface area contributed by atoms with E-state index in [1.807, 2.05) is 12.1 Å². The molecule has 0 saturated carbocycles. The predicted molar refractivity (Wildman–Crippen MR) is 89.0 cm³/mol. The summed E-state index contributed by atoms with van der Waals surface area (Å²) in [7, 11) is 0. The summed E-state index contributed by atoms with van der Waals surface area (Å²) in [6.45, 7) is 2.08. The highest BCUT2D eigenvalue weighted by Gasteiger charge is 2.12. The van der Waals surface area contributed by atoms with E-state index in [2.05, 4.69) is 26.9 Å². The number of nitrogens with zero attached hydrogens (tertiary/aromatic N) is 4. The molecule has 0 amide bonds. The van der Waals surface area contributed by atoms with Crippen LogP contribution in [0.4, 0.5) is 5.95 Å². The molecule has 0 saturated heterocycles. The highest BCUT2D eigenvalue weighted by molar-refractivity contribution is 6.34. The Balaban J connectivity index is 2.20. The average molecular weight is 334 g/mol. The lowest BCUT2D eigenvalue weighted by atomic mass is 10.1. The SMILES string of the molecule is CCCc1nc(N)nc2ccc(-c3ccc(Cl)nc3Cl)nc12. The van der Waals surface area contributed by atoms with Crippen LogP contribution in [-0.4, -0.2) is 19.9 Å². The molecule has 3 heterocycles. The molecule has 0 fully saturated rings. The summed E-state index contributed by atoms with van der Waals surface area (Å²) in [6.07, 6.45) is 1.73. The number of hydrogen-bond acceptors (Lipinski definition) is 5. The third-order valence-electron chi connectivity index (χ3n) is 3.21. The van der Waals surface area contributed by atoms with Crippen molar-refractivity contribution in [3.05, 3.63) is 40.3 Å². The zero-order chi connectivity index (χ0) is 15.7. The van der Waals surface area contributed by atoms with E-state index in [4.69, 9.17) is 28.9 Å². The fourth-order valence-corrected chi connectivity index (χ4v) is 2.70. The molecule has 2 N–H and O–H groups in total. The molecular weight excluding hydrogens is 321 g/mol. The van der Waals surface area contributed by atoms with Gasteiger partial charge in [-0.25, -0.2) is 19.9 Å². The van der Waals surface area contributed by atoms with Gasteiger partial charge in [-0.2, -0.15) is 0 Å². The van der Waals surface area contributed by atoms with Crippen LogP contribution in [0.3, 0.4) is 0 Å². The molecule has 0 aliphatic carbocycles. The number of halogens is 2. The molecule has 112 valence electrons. The number of aromatic nitrogens is 4. The smallest absolute Gasteiger partial charge is 0.220 e. The second-order valence-corrected chi connectivity index (χ2v) is 5.56. The molecule has 3 rings (SSSR count). The Hall–Kier alpha value is -1.98. The van der Waals surface area contributed by atoms with Gasteiger partial charge in [-0.15, -0.1) is 0 Å². The Morgan fingerprint density at radius 2 is 1.82 bits per heavy atom. The summed E-state index contributed by atoms with van der Waals surface area (Å²) < 4.78 is 0. The Morgan fingerprint density at radius 1 is 1.00 bits per heavy atom. The third kappa shape index (κ3) is 2.82. The molecule has 0 spiro atoms. The molecule has 5 nitrogen and oxygen atoms in total. The van der Waals surface area contributed by atoms with Crippen molar-refractivity contribution in [2.45, 2.75) is 19.8 Å². The van der Waals surface area contributed by atoms with Gasteiger partial charge in [0.25, 0.3) is 0 Å². The van der Waals surface area contributed by atoms with Crippen molar-refractivity contribution in [1.29, 1.82) is 0 Å². The van der Waals surface area contributed by atoms with Crippen molar-refractivity contribution in [1.82, 2.24) is 19.9 Å². The van der Waals surface area contributed by atoms with Gasteiger partial charge in [0.05, 0.1) is 16.9 Å². The van der Waals surface area contributed by atoms with Crippen LogP contribution in [0.25, 0.3) is 22.3 Å². The maximum Gasteiger partial charge on any atom is 0.220 e. The number of hydrogen-bond donors (Lipinski definition) is 1. The van der Waals surface area contributed by atoms with E-state index in [9.17, 15) is 0 Å². The highest BCUT2D eigenvalue weighted by Crippen LogP contribution is 2.28. The minimum atomic E-state index is 0.261. The Morgan fingerprint density at radius 3 is 2.55 bits per heavy atom. The van der Waals surface area contributed by atoms with Gasteiger partial charge in [-0.3, -0.25) is 0 Å². The summed E-state index contributed by atoms with van der Waals surface area (Å²) in [4.78, 5) is 17.2. The molecule has 0 aliphatic heterocycles. The van der Waals surface area contributed by atoms with Crippen LogP contribution in [0.1, 0.15) is 19.0 Å². The monoisotopic (exact) mass is 333 g/mol. The summed E-state index contributed by atoms with van der Waals surface area (Å²) >= 11 is 12.0. The number of rotatable bonds is 3. The van der Waals surface area contributed by atoms with Gasteiger partial charge in [-0.05, 0) is 30.7 Å².